The summed E-state index contributed by atoms with van der Waals surface area (Å²) >= 11 is 0. The van der Waals surface area contributed by atoms with Crippen molar-refractivity contribution in [3.8, 4) is 11.5 Å². The fourth-order valence-electron chi connectivity index (χ4n) is 3.56. The van der Waals surface area contributed by atoms with Crippen LogP contribution in [0.1, 0.15) is 18.5 Å². The van der Waals surface area contributed by atoms with Crippen molar-refractivity contribution in [1.82, 2.24) is 14.8 Å². The summed E-state index contributed by atoms with van der Waals surface area (Å²) in [5.41, 5.74) is 2.03. The van der Waals surface area contributed by atoms with Crippen LogP contribution in [0.3, 0.4) is 0 Å². The molecule has 1 aliphatic rings. The van der Waals surface area contributed by atoms with E-state index in [1.54, 1.807) is 49.0 Å². The summed E-state index contributed by atoms with van der Waals surface area (Å²) < 4.78 is 12.1. The Labute approximate surface area is 182 Å². The highest BCUT2D eigenvalue weighted by Gasteiger charge is 2.34. The summed E-state index contributed by atoms with van der Waals surface area (Å²) in [6.45, 7) is 1.76. The van der Waals surface area contributed by atoms with E-state index in [-0.39, 0.29) is 11.6 Å². The third-order valence-electron chi connectivity index (χ3n) is 5.12. The molecule has 3 aromatic rings. The molecule has 1 aromatic heterocycles. The number of nitro groups is 1. The molecule has 0 saturated carbocycles. The Balaban J connectivity index is 1.73. The Morgan fingerprint density at radius 1 is 1.19 bits per heavy atom. The molecule has 2 heterocycles. The second kappa shape index (κ2) is 8.38. The van der Waals surface area contributed by atoms with Crippen molar-refractivity contribution in [2.45, 2.75) is 13.0 Å². The van der Waals surface area contributed by atoms with Crippen LogP contribution in [0, 0.1) is 10.1 Å². The normalized spacial score (nSPS) is 14.9. The molecule has 1 atom stereocenters. The van der Waals surface area contributed by atoms with Gasteiger partial charge in [0.15, 0.2) is 0 Å². The van der Waals surface area contributed by atoms with Gasteiger partial charge in [0.1, 0.15) is 23.9 Å². The van der Waals surface area contributed by atoms with E-state index in [9.17, 15) is 14.9 Å². The molecule has 32 heavy (non-hydrogen) atoms. The van der Waals surface area contributed by atoms with E-state index in [0.29, 0.717) is 40.0 Å². The second-order valence-corrected chi connectivity index (χ2v) is 6.96. The lowest BCUT2D eigenvalue weighted by Gasteiger charge is -2.28. The Bertz CT molecular complexity index is 1220. The molecule has 0 bridgehead atoms. The number of nitrogens with zero attached hydrogens (tertiary/aromatic N) is 4. The summed E-state index contributed by atoms with van der Waals surface area (Å²) in [7, 11) is 3.04. The molecule has 4 rings (SSSR count). The molecule has 0 fully saturated rings. The molecule has 0 spiro atoms. The van der Waals surface area contributed by atoms with Gasteiger partial charge < -0.3 is 20.1 Å². The first kappa shape index (κ1) is 20.8. The Morgan fingerprint density at radius 3 is 2.59 bits per heavy atom. The summed E-state index contributed by atoms with van der Waals surface area (Å²) in [5, 5.41) is 21.3. The standard InChI is InChI=1S/C21H20N6O5/c1-12-18(20(28)25-16-9-8-15(31-2)10-17(16)32-3)19(26-21(24-12)22-11-23-26)13-4-6-14(7-5-13)27(29)30/h4-11,19H,1-3H3,(H,25,28)(H,22,23,24)/t19-/m1/s1. The number of benzene rings is 2. The SMILES string of the molecule is COc1ccc(NC(=O)C2=C(C)Nc3ncnn3[C@@H]2c2ccc([N+](=O)[O-])cc2)c(OC)c1. The van der Waals surface area contributed by atoms with Crippen LogP contribution in [0.5, 0.6) is 11.5 Å². The van der Waals surface area contributed by atoms with Crippen molar-refractivity contribution in [1.29, 1.82) is 0 Å². The molecule has 0 saturated heterocycles. The number of anilines is 2. The molecule has 0 aliphatic carbocycles. The number of nitrogens with one attached hydrogen (secondary N) is 2. The number of allylic oxidation sites excluding steroid dienone is 1. The molecule has 2 N–H and O–H groups in total. The van der Waals surface area contributed by atoms with E-state index in [4.69, 9.17) is 9.47 Å². The lowest BCUT2D eigenvalue weighted by molar-refractivity contribution is -0.384. The van der Waals surface area contributed by atoms with Crippen LogP contribution in [-0.4, -0.2) is 39.8 Å². The maximum atomic E-state index is 13.4. The second-order valence-electron chi connectivity index (χ2n) is 6.96. The number of hydrogen-bond acceptors (Lipinski definition) is 8. The molecule has 11 nitrogen and oxygen atoms in total. The van der Waals surface area contributed by atoms with Gasteiger partial charge in [-0.25, -0.2) is 4.68 Å². The number of carbonyl (C=O) groups excluding carboxylic acids is 1. The van der Waals surface area contributed by atoms with Gasteiger partial charge in [0.25, 0.3) is 11.6 Å². The number of rotatable bonds is 6. The van der Waals surface area contributed by atoms with Gasteiger partial charge in [-0.05, 0) is 36.8 Å². The van der Waals surface area contributed by atoms with Gasteiger partial charge in [-0.2, -0.15) is 10.1 Å². The predicted octanol–water partition coefficient (Wildman–Crippen LogP) is 3.13. The first-order valence-electron chi connectivity index (χ1n) is 9.58. The maximum absolute atomic E-state index is 13.4. The fourth-order valence-corrected chi connectivity index (χ4v) is 3.56. The molecule has 1 amide bonds. The number of nitro benzene ring substituents is 1. The van der Waals surface area contributed by atoms with E-state index in [1.165, 1.54) is 25.6 Å². The van der Waals surface area contributed by atoms with Crippen LogP contribution < -0.4 is 20.1 Å². The average Bonchev–Trinajstić information content (AvgIpc) is 3.26. The van der Waals surface area contributed by atoms with E-state index in [2.05, 4.69) is 20.7 Å². The Morgan fingerprint density at radius 2 is 1.94 bits per heavy atom. The molecule has 11 heteroatoms. The summed E-state index contributed by atoms with van der Waals surface area (Å²) in [6, 6.07) is 10.4. The van der Waals surface area contributed by atoms with Crippen LogP contribution in [0.25, 0.3) is 0 Å². The van der Waals surface area contributed by atoms with Crippen molar-refractivity contribution in [3.05, 3.63) is 75.7 Å². The number of fused-ring (bicyclic) bond motifs is 1. The zero-order chi connectivity index (χ0) is 22.8. The monoisotopic (exact) mass is 436 g/mol. The maximum Gasteiger partial charge on any atom is 0.269 e. The quantitative estimate of drug-likeness (QED) is 0.445. The van der Waals surface area contributed by atoms with E-state index >= 15 is 0 Å². The summed E-state index contributed by atoms with van der Waals surface area (Å²) in [5.74, 6) is 1.10. The highest BCUT2D eigenvalue weighted by Crippen LogP contribution is 2.37. The molecule has 1 aliphatic heterocycles. The zero-order valence-corrected chi connectivity index (χ0v) is 17.5. The van der Waals surface area contributed by atoms with Crippen molar-refractivity contribution >= 4 is 23.2 Å². The van der Waals surface area contributed by atoms with Crippen LogP contribution in [0.4, 0.5) is 17.3 Å². The number of non-ortho nitro benzene ring substituents is 1. The van der Waals surface area contributed by atoms with E-state index in [1.807, 2.05) is 0 Å². The lowest BCUT2D eigenvalue weighted by Crippen LogP contribution is -2.31. The first-order chi connectivity index (χ1) is 15.4. The van der Waals surface area contributed by atoms with Crippen molar-refractivity contribution in [3.63, 3.8) is 0 Å². The van der Waals surface area contributed by atoms with Gasteiger partial charge in [0.2, 0.25) is 5.95 Å². The smallest absolute Gasteiger partial charge is 0.269 e. The van der Waals surface area contributed by atoms with Crippen LogP contribution >= 0.6 is 0 Å². The summed E-state index contributed by atoms with van der Waals surface area (Å²) in [6.07, 6.45) is 1.38. The lowest BCUT2D eigenvalue weighted by atomic mass is 9.95. The predicted molar refractivity (Wildman–Crippen MR) is 116 cm³/mol. The molecule has 0 unspecified atom stereocenters. The zero-order valence-electron chi connectivity index (χ0n) is 17.5. The van der Waals surface area contributed by atoms with Crippen LogP contribution in [0.2, 0.25) is 0 Å². The van der Waals surface area contributed by atoms with Gasteiger partial charge in [-0.3, -0.25) is 14.9 Å². The highest BCUT2D eigenvalue weighted by atomic mass is 16.6. The number of amides is 1. The third-order valence-corrected chi connectivity index (χ3v) is 5.12. The third kappa shape index (κ3) is 3.71. The summed E-state index contributed by atoms with van der Waals surface area (Å²) in [4.78, 5) is 28.2. The van der Waals surface area contributed by atoms with E-state index in [0.717, 1.165) is 0 Å². The molecular formula is C21H20N6O5. The average molecular weight is 436 g/mol. The minimum Gasteiger partial charge on any atom is -0.497 e. The van der Waals surface area contributed by atoms with Gasteiger partial charge in [0.05, 0.1) is 30.4 Å². The minimum atomic E-state index is -0.640. The number of ether oxygens (including phenoxy) is 2. The van der Waals surface area contributed by atoms with Crippen molar-refractivity contribution in [2.75, 3.05) is 24.9 Å². The number of hydrogen-bond donors (Lipinski definition) is 2. The van der Waals surface area contributed by atoms with Crippen LogP contribution in [-0.2, 0) is 4.79 Å². The van der Waals surface area contributed by atoms with Gasteiger partial charge >= 0.3 is 0 Å². The van der Waals surface area contributed by atoms with E-state index < -0.39 is 11.0 Å². The van der Waals surface area contributed by atoms with Gasteiger partial charge in [-0.1, -0.05) is 0 Å². The molecular weight excluding hydrogens is 416 g/mol. The molecule has 2 aromatic carbocycles. The van der Waals surface area contributed by atoms with Gasteiger partial charge in [-0.15, -0.1) is 0 Å². The molecule has 0 radical (unpaired) electrons. The molecule has 164 valence electrons. The van der Waals surface area contributed by atoms with Gasteiger partial charge in [0, 0.05) is 23.9 Å². The number of aromatic nitrogens is 3. The van der Waals surface area contributed by atoms with Crippen LogP contribution in [0.15, 0.2) is 60.1 Å². The largest absolute Gasteiger partial charge is 0.497 e. The fraction of sp³-hybridized carbons (Fsp3) is 0.190. The topological polar surface area (TPSA) is 133 Å². The number of carbonyl (C=O) groups is 1. The van der Waals surface area contributed by atoms with Crippen molar-refractivity contribution < 1.29 is 19.2 Å². The Kier molecular flexibility index (Phi) is 5.46. The number of methoxy groups -OCH3 is 2. The Hall–Kier alpha value is -4.41. The minimum absolute atomic E-state index is 0.0452. The first-order valence-corrected chi connectivity index (χ1v) is 9.58. The van der Waals surface area contributed by atoms with Crippen molar-refractivity contribution in [2.24, 2.45) is 0 Å². The highest BCUT2D eigenvalue weighted by molar-refractivity contribution is 6.06.